The van der Waals surface area contributed by atoms with Gasteiger partial charge in [-0.25, -0.2) is 0 Å². The van der Waals surface area contributed by atoms with Crippen LogP contribution in [0.3, 0.4) is 0 Å². The molecule has 8 heteroatoms. The van der Waals surface area contributed by atoms with Crippen molar-refractivity contribution in [2.75, 3.05) is 26.2 Å². The van der Waals surface area contributed by atoms with Crippen LogP contribution in [0.15, 0.2) is 0 Å². The van der Waals surface area contributed by atoms with E-state index in [1.165, 1.54) is 8.61 Å². The van der Waals surface area contributed by atoms with Crippen LogP contribution in [-0.2, 0) is 15.0 Å². The first-order valence-electron chi connectivity index (χ1n) is 8.47. The molecule has 3 rings (SSSR count). The number of rotatable bonds is 3. The van der Waals surface area contributed by atoms with Crippen LogP contribution < -0.4 is 5.73 Å². The smallest absolute Gasteiger partial charge is 0.283 e. The van der Waals surface area contributed by atoms with Crippen LogP contribution in [0.5, 0.6) is 0 Å². The van der Waals surface area contributed by atoms with Crippen molar-refractivity contribution in [3.05, 3.63) is 6.42 Å². The summed E-state index contributed by atoms with van der Waals surface area (Å²) < 4.78 is 28.8. The summed E-state index contributed by atoms with van der Waals surface area (Å²) in [6.45, 7) is 6.65. The summed E-state index contributed by atoms with van der Waals surface area (Å²) in [6, 6.07) is 0.438. The second-order valence-corrected chi connectivity index (χ2v) is 8.93. The van der Waals surface area contributed by atoms with Gasteiger partial charge >= 0.3 is 0 Å². The van der Waals surface area contributed by atoms with Gasteiger partial charge in [-0.3, -0.25) is 4.79 Å². The lowest BCUT2D eigenvalue weighted by molar-refractivity contribution is -0.126. The Bertz CT molecular complexity index is 571. The van der Waals surface area contributed by atoms with E-state index in [1.807, 2.05) is 0 Å². The van der Waals surface area contributed by atoms with E-state index >= 15 is 0 Å². The molecule has 3 heterocycles. The zero-order chi connectivity index (χ0) is 16.8. The lowest BCUT2D eigenvalue weighted by atomic mass is 9.87. The molecule has 3 aliphatic rings. The Balaban J connectivity index is 1.83. The standard InChI is InChI=1S/C15H27N4O3S/c1-12(2)17-9-5-13(6-10-17)18-11-15(14(16)20)7-3-4-8-19(15)23(18,21)22/h7,12-13H,3-6,8-11H2,1-2H3,(H2,16,20)/t15-/m1/s1. The number of nitrogens with two attached hydrogens (primary N) is 1. The summed E-state index contributed by atoms with van der Waals surface area (Å²) in [5, 5.41) is 0. The summed E-state index contributed by atoms with van der Waals surface area (Å²) >= 11 is 0. The first kappa shape index (κ1) is 17.1. The van der Waals surface area contributed by atoms with E-state index in [4.69, 9.17) is 5.73 Å². The van der Waals surface area contributed by atoms with E-state index in [0.29, 0.717) is 12.6 Å². The molecular formula is C15H27N4O3S. The Hall–Kier alpha value is -0.700. The average Bonchev–Trinajstić information content (AvgIpc) is 2.77. The van der Waals surface area contributed by atoms with Crippen LogP contribution in [0.25, 0.3) is 0 Å². The van der Waals surface area contributed by atoms with Crippen LogP contribution >= 0.6 is 0 Å². The Labute approximate surface area is 139 Å². The first-order valence-corrected chi connectivity index (χ1v) is 9.86. The van der Waals surface area contributed by atoms with Gasteiger partial charge in [0.15, 0.2) is 0 Å². The van der Waals surface area contributed by atoms with Crippen molar-refractivity contribution >= 4 is 16.1 Å². The summed E-state index contributed by atoms with van der Waals surface area (Å²) in [5.41, 5.74) is 4.46. The molecule has 0 spiro atoms. The molecule has 23 heavy (non-hydrogen) atoms. The molecule has 7 nitrogen and oxygen atoms in total. The van der Waals surface area contributed by atoms with Crippen molar-refractivity contribution in [3.8, 4) is 0 Å². The Morgan fingerprint density at radius 1 is 1.26 bits per heavy atom. The quantitative estimate of drug-likeness (QED) is 0.778. The number of piperidine rings is 2. The summed E-state index contributed by atoms with van der Waals surface area (Å²) in [6.07, 6.45) is 4.89. The lowest BCUT2D eigenvalue weighted by Gasteiger charge is -2.37. The molecule has 2 N–H and O–H groups in total. The lowest BCUT2D eigenvalue weighted by Crippen LogP contribution is -2.59. The highest BCUT2D eigenvalue weighted by Gasteiger charge is 2.60. The van der Waals surface area contributed by atoms with Crippen molar-refractivity contribution in [2.24, 2.45) is 5.73 Å². The number of carbonyl (C=O) groups is 1. The molecule has 0 bridgehead atoms. The topological polar surface area (TPSA) is 86.9 Å². The molecule has 1 radical (unpaired) electrons. The molecule has 0 unspecified atom stereocenters. The van der Waals surface area contributed by atoms with Gasteiger partial charge in [0.1, 0.15) is 5.54 Å². The normalized spacial score (nSPS) is 33.9. The highest BCUT2D eigenvalue weighted by Crippen LogP contribution is 2.40. The van der Waals surface area contributed by atoms with Crippen molar-refractivity contribution in [1.82, 2.24) is 13.5 Å². The van der Waals surface area contributed by atoms with Gasteiger partial charge in [-0.05, 0) is 59.0 Å². The van der Waals surface area contributed by atoms with Gasteiger partial charge in [0.2, 0.25) is 5.91 Å². The molecule has 0 aromatic rings. The first-order chi connectivity index (χ1) is 10.8. The number of primary amides is 1. The summed E-state index contributed by atoms with van der Waals surface area (Å²) in [4.78, 5) is 14.4. The van der Waals surface area contributed by atoms with E-state index in [-0.39, 0.29) is 12.6 Å². The highest BCUT2D eigenvalue weighted by molar-refractivity contribution is 7.87. The maximum absolute atomic E-state index is 13.0. The third-order valence-corrected chi connectivity index (χ3v) is 7.61. The maximum Gasteiger partial charge on any atom is 0.283 e. The molecule has 3 saturated heterocycles. The third kappa shape index (κ3) is 2.69. The van der Waals surface area contributed by atoms with E-state index in [9.17, 15) is 13.2 Å². The number of carbonyl (C=O) groups excluding carboxylic acids is 1. The van der Waals surface area contributed by atoms with Gasteiger partial charge in [-0.15, -0.1) is 0 Å². The second-order valence-electron chi connectivity index (χ2n) is 7.12. The van der Waals surface area contributed by atoms with Crippen LogP contribution in [0.2, 0.25) is 0 Å². The number of nitrogens with zero attached hydrogens (tertiary/aromatic N) is 3. The van der Waals surface area contributed by atoms with E-state index < -0.39 is 21.7 Å². The van der Waals surface area contributed by atoms with Gasteiger partial charge in [0.25, 0.3) is 10.2 Å². The minimum Gasteiger partial charge on any atom is -0.368 e. The van der Waals surface area contributed by atoms with Gasteiger partial charge in [-0.2, -0.15) is 17.0 Å². The molecule has 0 saturated carbocycles. The molecule has 3 fully saturated rings. The van der Waals surface area contributed by atoms with Gasteiger partial charge in [0, 0.05) is 25.2 Å². The molecule has 0 aromatic carbocycles. The highest BCUT2D eigenvalue weighted by atomic mass is 32.2. The molecule has 1 atom stereocenters. The summed E-state index contributed by atoms with van der Waals surface area (Å²) in [7, 11) is -3.61. The van der Waals surface area contributed by atoms with Gasteiger partial charge in [-0.1, -0.05) is 0 Å². The summed E-state index contributed by atoms with van der Waals surface area (Å²) in [5.74, 6) is -0.553. The Morgan fingerprint density at radius 3 is 2.43 bits per heavy atom. The Kier molecular flexibility index (Phi) is 4.46. The van der Waals surface area contributed by atoms with Crippen LogP contribution in [-0.4, -0.2) is 71.6 Å². The Morgan fingerprint density at radius 2 is 1.91 bits per heavy atom. The fourth-order valence-corrected chi connectivity index (χ4v) is 6.29. The van der Waals surface area contributed by atoms with Crippen molar-refractivity contribution in [2.45, 2.75) is 57.2 Å². The van der Waals surface area contributed by atoms with Crippen molar-refractivity contribution in [1.29, 1.82) is 0 Å². The SMILES string of the molecule is CC(C)N1CCC(N2C[C@@]3(C(N)=O)[CH]CCCN3S2(=O)=O)CC1. The minimum atomic E-state index is -3.61. The molecule has 0 aliphatic carbocycles. The molecule has 131 valence electrons. The average molecular weight is 343 g/mol. The number of amides is 1. The number of hydrogen-bond donors (Lipinski definition) is 1. The second kappa shape index (κ2) is 5.98. The van der Waals surface area contributed by atoms with E-state index in [1.54, 1.807) is 6.42 Å². The predicted octanol–water partition coefficient (Wildman–Crippen LogP) is -0.0562. The van der Waals surface area contributed by atoms with Gasteiger partial charge < -0.3 is 10.6 Å². The van der Waals surface area contributed by atoms with E-state index in [0.717, 1.165) is 38.8 Å². The van der Waals surface area contributed by atoms with Gasteiger partial charge in [0.05, 0.1) is 0 Å². The van der Waals surface area contributed by atoms with Crippen molar-refractivity contribution < 1.29 is 13.2 Å². The van der Waals surface area contributed by atoms with Crippen LogP contribution in [0, 0.1) is 6.42 Å². The monoisotopic (exact) mass is 343 g/mol. The number of hydrogen-bond acceptors (Lipinski definition) is 4. The van der Waals surface area contributed by atoms with Crippen LogP contribution in [0.1, 0.15) is 39.5 Å². The van der Waals surface area contributed by atoms with Crippen molar-refractivity contribution in [3.63, 3.8) is 0 Å². The van der Waals surface area contributed by atoms with Crippen LogP contribution in [0.4, 0.5) is 0 Å². The fourth-order valence-electron chi connectivity index (χ4n) is 4.10. The predicted molar refractivity (Wildman–Crippen MR) is 87.5 cm³/mol. The number of fused-ring (bicyclic) bond motifs is 1. The minimum absolute atomic E-state index is 0.0368. The van der Waals surface area contributed by atoms with E-state index in [2.05, 4.69) is 18.7 Å². The molecule has 1 amide bonds. The maximum atomic E-state index is 13.0. The largest absolute Gasteiger partial charge is 0.368 e. The zero-order valence-corrected chi connectivity index (χ0v) is 14.8. The fraction of sp³-hybridized carbons (Fsp3) is 0.867. The third-order valence-electron chi connectivity index (χ3n) is 5.53. The number of likely N-dealkylation sites (tertiary alicyclic amines) is 1. The molecular weight excluding hydrogens is 316 g/mol. The zero-order valence-electron chi connectivity index (χ0n) is 13.9. The molecule has 0 aromatic heterocycles. The molecule has 3 aliphatic heterocycles.